The van der Waals surface area contributed by atoms with Crippen LogP contribution in [0.3, 0.4) is 0 Å². The zero-order valence-corrected chi connectivity index (χ0v) is 15.1. The molecule has 1 rings (SSSR count). The van der Waals surface area contributed by atoms with Gasteiger partial charge in [0.15, 0.2) is 0 Å². The number of nitrogens with one attached hydrogen (secondary N) is 2. The van der Waals surface area contributed by atoms with E-state index in [1.807, 2.05) is 13.8 Å². The quantitative estimate of drug-likeness (QED) is 0.745. The lowest BCUT2D eigenvalue weighted by Crippen LogP contribution is -2.49. The lowest BCUT2D eigenvalue weighted by Gasteiger charge is -2.26. The van der Waals surface area contributed by atoms with Crippen molar-refractivity contribution in [3.8, 4) is 0 Å². The van der Waals surface area contributed by atoms with Crippen LogP contribution in [0.1, 0.15) is 46.6 Å². The summed E-state index contributed by atoms with van der Waals surface area (Å²) >= 11 is 0. The number of rotatable bonds is 6. The summed E-state index contributed by atoms with van der Waals surface area (Å²) in [6.45, 7) is 9.12. The second-order valence-electron chi connectivity index (χ2n) is 6.85. The maximum Gasteiger partial charge on any atom is 0.408 e. The van der Waals surface area contributed by atoms with Gasteiger partial charge in [-0.3, -0.25) is 4.79 Å². The SMILES string of the molecule is CCC(C)C(NC(=O)OC(C)(C)C)C(=O)Nc1ccc(CO)cc1. The monoisotopic (exact) mass is 336 g/mol. The Labute approximate surface area is 143 Å². The van der Waals surface area contributed by atoms with E-state index in [2.05, 4.69) is 10.6 Å². The van der Waals surface area contributed by atoms with Crippen LogP contribution in [0, 0.1) is 5.92 Å². The highest BCUT2D eigenvalue weighted by Gasteiger charge is 2.28. The van der Waals surface area contributed by atoms with Gasteiger partial charge in [-0.05, 0) is 44.4 Å². The average molecular weight is 336 g/mol. The number of aliphatic hydroxyl groups excluding tert-OH is 1. The number of hydrogen-bond acceptors (Lipinski definition) is 4. The van der Waals surface area contributed by atoms with E-state index >= 15 is 0 Å². The first-order valence-corrected chi connectivity index (χ1v) is 8.16. The Morgan fingerprint density at radius 3 is 2.25 bits per heavy atom. The minimum absolute atomic E-state index is 0.0470. The molecule has 0 saturated heterocycles. The van der Waals surface area contributed by atoms with Gasteiger partial charge in [0.2, 0.25) is 5.91 Å². The molecular weight excluding hydrogens is 308 g/mol. The van der Waals surface area contributed by atoms with Crippen LogP contribution in [0.25, 0.3) is 0 Å². The highest BCUT2D eigenvalue weighted by Crippen LogP contribution is 2.15. The zero-order chi connectivity index (χ0) is 18.3. The number of hydrogen-bond donors (Lipinski definition) is 3. The molecule has 0 aliphatic carbocycles. The van der Waals surface area contributed by atoms with Gasteiger partial charge in [0.05, 0.1) is 6.61 Å². The number of benzene rings is 1. The summed E-state index contributed by atoms with van der Waals surface area (Å²) in [6.07, 6.45) is 0.121. The van der Waals surface area contributed by atoms with Crippen LogP contribution in [0.4, 0.5) is 10.5 Å². The summed E-state index contributed by atoms with van der Waals surface area (Å²) in [5, 5.41) is 14.5. The highest BCUT2D eigenvalue weighted by molar-refractivity contribution is 5.96. The minimum Gasteiger partial charge on any atom is -0.444 e. The predicted octanol–water partition coefficient (Wildman–Crippen LogP) is 3.06. The molecule has 1 aromatic carbocycles. The Morgan fingerprint density at radius 2 is 1.79 bits per heavy atom. The first-order chi connectivity index (χ1) is 11.2. The molecule has 134 valence electrons. The van der Waals surface area contributed by atoms with E-state index in [-0.39, 0.29) is 18.4 Å². The number of carbonyl (C=O) groups is 2. The van der Waals surface area contributed by atoms with Crippen molar-refractivity contribution in [2.45, 2.75) is 59.3 Å². The topological polar surface area (TPSA) is 87.7 Å². The number of anilines is 1. The van der Waals surface area contributed by atoms with Gasteiger partial charge in [0.1, 0.15) is 11.6 Å². The Kier molecular flexibility index (Phi) is 7.22. The molecular formula is C18H28N2O4. The molecule has 0 bridgehead atoms. The molecule has 2 atom stereocenters. The third-order valence-electron chi connectivity index (χ3n) is 3.57. The van der Waals surface area contributed by atoms with E-state index in [1.54, 1.807) is 45.0 Å². The van der Waals surface area contributed by atoms with Crippen molar-refractivity contribution in [3.63, 3.8) is 0 Å². The minimum atomic E-state index is -0.692. The fraction of sp³-hybridized carbons (Fsp3) is 0.556. The smallest absolute Gasteiger partial charge is 0.408 e. The molecule has 1 aromatic rings. The van der Waals surface area contributed by atoms with Crippen LogP contribution in [-0.2, 0) is 16.1 Å². The van der Waals surface area contributed by atoms with Gasteiger partial charge in [0, 0.05) is 5.69 Å². The lowest BCUT2D eigenvalue weighted by atomic mass is 9.98. The number of ether oxygens (including phenoxy) is 1. The first-order valence-electron chi connectivity index (χ1n) is 8.16. The van der Waals surface area contributed by atoms with E-state index in [4.69, 9.17) is 9.84 Å². The van der Waals surface area contributed by atoms with Crippen molar-refractivity contribution in [3.05, 3.63) is 29.8 Å². The second kappa shape index (κ2) is 8.68. The fourth-order valence-electron chi connectivity index (χ4n) is 2.05. The summed E-state index contributed by atoms with van der Waals surface area (Å²) in [7, 11) is 0. The summed E-state index contributed by atoms with van der Waals surface area (Å²) in [5.74, 6) is -0.346. The van der Waals surface area contributed by atoms with E-state index in [9.17, 15) is 9.59 Å². The van der Waals surface area contributed by atoms with Gasteiger partial charge in [-0.15, -0.1) is 0 Å². The Bertz CT molecular complexity index is 549. The number of carbonyl (C=O) groups excluding carboxylic acids is 2. The van der Waals surface area contributed by atoms with Crippen molar-refractivity contribution >= 4 is 17.7 Å². The van der Waals surface area contributed by atoms with Crippen molar-refractivity contribution in [1.82, 2.24) is 5.32 Å². The number of amides is 2. The molecule has 6 heteroatoms. The Hall–Kier alpha value is -2.08. The molecule has 3 N–H and O–H groups in total. The molecule has 0 radical (unpaired) electrons. The molecule has 0 heterocycles. The zero-order valence-electron chi connectivity index (χ0n) is 15.1. The standard InChI is InChI=1S/C18H28N2O4/c1-6-12(2)15(20-17(23)24-18(3,4)5)16(22)19-14-9-7-13(11-21)8-10-14/h7-10,12,15,21H,6,11H2,1-5H3,(H,19,22)(H,20,23). The van der Waals surface area contributed by atoms with Crippen LogP contribution < -0.4 is 10.6 Å². The molecule has 0 aliphatic heterocycles. The molecule has 6 nitrogen and oxygen atoms in total. The van der Waals surface area contributed by atoms with Crippen LogP contribution in [0.15, 0.2) is 24.3 Å². The van der Waals surface area contributed by atoms with E-state index in [0.29, 0.717) is 5.69 Å². The molecule has 0 spiro atoms. The van der Waals surface area contributed by atoms with Gasteiger partial charge < -0.3 is 20.5 Å². The summed E-state index contributed by atoms with van der Waals surface area (Å²) < 4.78 is 5.24. The van der Waals surface area contributed by atoms with Gasteiger partial charge in [-0.2, -0.15) is 0 Å². The molecule has 0 fully saturated rings. The van der Waals surface area contributed by atoms with Crippen LogP contribution in [0.2, 0.25) is 0 Å². The maximum absolute atomic E-state index is 12.5. The number of alkyl carbamates (subject to hydrolysis) is 1. The highest BCUT2D eigenvalue weighted by atomic mass is 16.6. The second-order valence-corrected chi connectivity index (χ2v) is 6.85. The normalized spacial score (nSPS) is 13.8. The largest absolute Gasteiger partial charge is 0.444 e. The van der Waals surface area contributed by atoms with Crippen molar-refractivity contribution in [2.24, 2.45) is 5.92 Å². The Morgan fingerprint density at radius 1 is 1.21 bits per heavy atom. The van der Waals surface area contributed by atoms with Crippen molar-refractivity contribution in [1.29, 1.82) is 0 Å². The van der Waals surface area contributed by atoms with Gasteiger partial charge >= 0.3 is 6.09 Å². The summed E-state index contributed by atoms with van der Waals surface area (Å²) in [4.78, 5) is 24.5. The van der Waals surface area contributed by atoms with Gasteiger partial charge in [0.25, 0.3) is 0 Å². The predicted molar refractivity (Wildman–Crippen MR) is 93.6 cm³/mol. The maximum atomic E-state index is 12.5. The van der Waals surface area contributed by atoms with E-state index < -0.39 is 17.7 Å². The average Bonchev–Trinajstić information content (AvgIpc) is 2.50. The molecule has 2 unspecified atom stereocenters. The van der Waals surface area contributed by atoms with Crippen LogP contribution >= 0.6 is 0 Å². The molecule has 0 saturated carbocycles. The van der Waals surface area contributed by atoms with Crippen molar-refractivity contribution < 1.29 is 19.4 Å². The van der Waals surface area contributed by atoms with Crippen LogP contribution in [-0.4, -0.2) is 28.7 Å². The van der Waals surface area contributed by atoms with Crippen LogP contribution in [0.5, 0.6) is 0 Å². The molecule has 0 aromatic heterocycles. The van der Waals surface area contributed by atoms with E-state index in [0.717, 1.165) is 12.0 Å². The molecule has 0 aliphatic rings. The third-order valence-corrected chi connectivity index (χ3v) is 3.57. The molecule has 24 heavy (non-hydrogen) atoms. The van der Waals surface area contributed by atoms with Gasteiger partial charge in [-0.25, -0.2) is 4.79 Å². The third kappa shape index (κ3) is 6.58. The lowest BCUT2D eigenvalue weighted by molar-refractivity contribution is -0.119. The molecule has 2 amide bonds. The fourth-order valence-corrected chi connectivity index (χ4v) is 2.05. The summed E-state index contributed by atoms with van der Waals surface area (Å²) in [6, 6.07) is 6.20. The van der Waals surface area contributed by atoms with Gasteiger partial charge in [-0.1, -0.05) is 32.4 Å². The van der Waals surface area contributed by atoms with Crippen molar-refractivity contribution in [2.75, 3.05) is 5.32 Å². The van der Waals surface area contributed by atoms with E-state index in [1.165, 1.54) is 0 Å². The Balaban J connectivity index is 2.79. The first kappa shape index (κ1) is 20.0. The number of aliphatic hydroxyl groups is 1. The summed E-state index contributed by atoms with van der Waals surface area (Å²) in [5.41, 5.74) is 0.746.